The Morgan fingerprint density at radius 3 is 2.44 bits per heavy atom. The largest absolute Gasteiger partial charge is 0.355 e. The molecule has 0 fully saturated rings. The fourth-order valence-electron chi connectivity index (χ4n) is 2.41. The summed E-state index contributed by atoms with van der Waals surface area (Å²) in [7, 11) is -3.83. The number of carbonyl (C=O) groups excluding carboxylic acids is 1. The maximum Gasteiger partial charge on any atom is 0.243 e. The molecule has 5 nitrogen and oxygen atoms in total. The fraction of sp³-hybridized carbons (Fsp3) is 0.278. The Labute approximate surface area is 153 Å². The number of benzene rings is 2. The van der Waals surface area contributed by atoms with Crippen LogP contribution < -0.4 is 5.32 Å². The predicted molar refractivity (Wildman–Crippen MR) is 98.9 cm³/mol. The van der Waals surface area contributed by atoms with Crippen molar-refractivity contribution in [2.24, 2.45) is 0 Å². The molecule has 0 aliphatic heterocycles. The molecule has 0 aromatic heterocycles. The Morgan fingerprint density at radius 2 is 1.84 bits per heavy atom. The van der Waals surface area contributed by atoms with Crippen molar-refractivity contribution in [2.75, 3.05) is 13.1 Å². The first-order valence-corrected chi connectivity index (χ1v) is 9.72. The number of hydrogen-bond donors (Lipinski definition) is 1. The third-order valence-electron chi connectivity index (χ3n) is 3.59. The zero-order valence-electron chi connectivity index (χ0n) is 14.2. The van der Waals surface area contributed by atoms with Gasteiger partial charge in [0.25, 0.3) is 0 Å². The number of likely N-dealkylation sites (N-methyl/N-ethyl adjacent to an activating group) is 1. The highest BCUT2D eigenvalue weighted by Crippen LogP contribution is 2.20. The Kier molecular flexibility index (Phi) is 6.58. The number of nitrogens with zero attached hydrogens (tertiary/aromatic N) is 1. The molecule has 0 saturated carbocycles. The summed E-state index contributed by atoms with van der Waals surface area (Å²) in [6.07, 6.45) is 0. The summed E-state index contributed by atoms with van der Waals surface area (Å²) in [4.78, 5) is 12.1. The molecule has 0 saturated heterocycles. The van der Waals surface area contributed by atoms with Crippen LogP contribution >= 0.6 is 11.6 Å². The van der Waals surface area contributed by atoms with Gasteiger partial charge in [0.2, 0.25) is 15.9 Å². The lowest BCUT2D eigenvalue weighted by Crippen LogP contribution is -2.40. The van der Waals surface area contributed by atoms with Gasteiger partial charge in [-0.15, -0.1) is 0 Å². The van der Waals surface area contributed by atoms with E-state index in [1.165, 1.54) is 28.6 Å². The van der Waals surface area contributed by atoms with E-state index < -0.39 is 10.0 Å². The summed E-state index contributed by atoms with van der Waals surface area (Å²) in [5, 5.41) is 3.09. The van der Waals surface area contributed by atoms with E-state index in [9.17, 15) is 13.2 Å². The van der Waals surface area contributed by atoms with Crippen molar-refractivity contribution in [3.63, 3.8) is 0 Å². The van der Waals surface area contributed by atoms with Crippen molar-refractivity contribution in [1.82, 2.24) is 9.62 Å². The van der Waals surface area contributed by atoms with Crippen LogP contribution in [0.2, 0.25) is 5.02 Å². The average molecular weight is 381 g/mol. The summed E-state index contributed by atoms with van der Waals surface area (Å²) in [6.45, 7) is 4.04. The molecule has 2 aromatic rings. The van der Waals surface area contributed by atoms with Gasteiger partial charge in [0.15, 0.2) is 0 Å². The van der Waals surface area contributed by atoms with Crippen molar-refractivity contribution < 1.29 is 13.2 Å². The average Bonchev–Trinajstić information content (AvgIpc) is 2.55. The van der Waals surface area contributed by atoms with Crippen LogP contribution in [0.25, 0.3) is 0 Å². The second-order valence-electron chi connectivity index (χ2n) is 5.67. The number of rotatable bonds is 7. The van der Waals surface area contributed by atoms with Gasteiger partial charge in [-0.25, -0.2) is 8.42 Å². The van der Waals surface area contributed by atoms with Crippen LogP contribution in [-0.4, -0.2) is 31.7 Å². The number of nitrogens with one attached hydrogen (secondary N) is 1. The van der Waals surface area contributed by atoms with E-state index >= 15 is 0 Å². The SMILES string of the molecule is CCNC(=O)CN(Cc1cccc(C)c1)S(=O)(=O)c1ccc(Cl)cc1. The lowest BCUT2D eigenvalue weighted by atomic mass is 10.1. The first-order chi connectivity index (χ1) is 11.8. The van der Waals surface area contributed by atoms with Gasteiger partial charge in [0.1, 0.15) is 0 Å². The number of halogens is 1. The molecule has 0 unspecified atom stereocenters. The summed E-state index contributed by atoms with van der Waals surface area (Å²) in [5.74, 6) is -0.340. The van der Waals surface area contributed by atoms with Crippen LogP contribution in [0.15, 0.2) is 53.4 Å². The third kappa shape index (κ3) is 5.29. The predicted octanol–water partition coefficient (Wildman–Crippen LogP) is 2.98. The molecular formula is C18H21ClN2O3S. The summed E-state index contributed by atoms with van der Waals surface area (Å²) >= 11 is 5.84. The number of carbonyl (C=O) groups is 1. The molecule has 0 aliphatic rings. The number of amides is 1. The molecule has 0 spiro atoms. The molecule has 0 heterocycles. The van der Waals surface area contributed by atoms with Crippen LogP contribution in [0.4, 0.5) is 0 Å². The molecule has 1 amide bonds. The maximum atomic E-state index is 13.0. The van der Waals surface area contributed by atoms with Gasteiger partial charge in [-0.3, -0.25) is 4.79 Å². The van der Waals surface area contributed by atoms with Crippen LogP contribution in [0.3, 0.4) is 0 Å². The second-order valence-corrected chi connectivity index (χ2v) is 8.04. The Morgan fingerprint density at radius 1 is 1.16 bits per heavy atom. The minimum atomic E-state index is -3.83. The number of sulfonamides is 1. The van der Waals surface area contributed by atoms with E-state index in [-0.39, 0.29) is 23.9 Å². The van der Waals surface area contributed by atoms with Crippen LogP contribution in [0, 0.1) is 6.92 Å². The van der Waals surface area contributed by atoms with Crippen molar-refractivity contribution in [1.29, 1.82) is 0 Å². The zero-order chi connectivity index (χ0) is 18.4. The van der Waals surface area contributed by atoms with E-state index in [1.807, 2.05) is 31.2 Å². The van der Waals surface area contributed by atoms with E-state index in [0.29, 0.717) is 11.6 Å². The van der Waals surface area contributed by atoms with Gasteiger partial charge in [-0.2, -0.15) is 4.31 Å². The lowest BCUT2D eigenvalue weighted by Gasteiger charge is -2.22. The van der Waals surface area contributed by atoms with Crippen molar-refractivity contribution in [3.05, 3.63) is 64.7 Å². The normalized spacial score (nSPS) is 11.5. The lowest BCUT2D eigenvalue weighted by molar-refractivity contribution is -0.121. The summed E-state index contributed by atoms with van der Waals surface area (Å²) in [5.41, 5.74) is 1.85. The number of hydrogen-bond acceptors (Lipinski definition) is 3. The van der Waals surface area contributed by atoms with Crippen LogP contribution in [0.5, 0.6) is 0 Å². The molecule has 0 radical (unpaired) electrons. The molecule has 2 rings (SSSR count). The Balaban J connectivity index is 2.35. The van der Waals surface area contributed by atoms with Gasteiger partial charge in [0, 0.05) is 18.1 Å². The topological polar surface area (TPSA) is 66.5 Å². The highest BCUT2D eigenvalue weighted by molar-refractivity contribution is 7.89. The van der Waals surface area contributed by atoms with Gasteiger partial charge in [-0.1, -0.05) is 41.4 Å². The molecule has 1 N–H and O–H groups in total. The Bertz CT molecular complexity index is 836. The first kappa shape index (κ1) is 19.4. The second kappa shape index (κ2) is 8.47. The molecule has 0 bridgehead atoms. The van der Waals surface area contributed by atoms with Crippen molar-refractivity contribution in [3.8, 4) is 0 Å². The van der Waals surface area contributed by atoms with Crippen molar-refractivity contribution >= 4 is 27.5 Å². The maximum absolute atomic E-state index is 13.0. The smallest absolute Gasteiger partial charge is 0.243 e. The van der Waals surface area contributed by atoms with E-state index in [2.05, 4.69) is 5.32 Å². The quantitative estimate of drug-likeness (QED) is 0.803. The van der Waals surface area contributed by atoms with E-state index in [1.54, 1.807) is 6.92 Å². The number of aryl methyl sites for hydroxylation is 1. The van der Waals surface area contributed by atoms with Gasteiger partial charge >= 0.3 is 0 Å². The summed E-state index contributed by atoms with van der Waals surface area (Å²) in [6, 6.07) is 13.5. The molecule has 134 valence electrons. The zero-order valence-corrected chi connectivity index (χ0v) is 15.8. The molecule has 0 aliphatic carbocycles. The molecule has 25 heavy (non-hydrogen) atoms. The minimum Gasteiger partial charge on any atom is -0.355 e. The standard InChI is InChI=1S/C18H21ClN2O3S/c1-3-20-18(22)13-21(12-15-6-4-5-14(2)11-15)25(23,24)17-9-7-16(19)8-10-17/h4-11H,3,12-13H2,1-2H3,(H,20,22). The van der Waals surface area contributed by atoms with Gasteiger partial charge in [-0.05, 0) is 43.7 Å². The molecule has 7 heteroatoms. The minimum absolute atomic E-state index is 0.105. The van der Waals surface area contributed by atoms with E-state index in [4.69, 9.17) is 11.6 Å². The van der Waals surface area contributed by atoms with Crippen molar-refractivity contribution in [2.45, 2.75) is 25.3 Å². The molecular weight excluding hydrogens is 360 g/mol. The molecule has 2 aromatic carbocycles. The summed E-state index contributed by atoms with van der Waals surface area (Å²) < 4.78 is 27.1. The Hall–Kier alpha value is -1.89. The monoisotopic (exact) mass is 380 g/mol. The van der Waals surface area contributed by atoms with Gasteiger partial charge < -0.3 is 5.32 Å². The molecule has 0 atom stereocenters. The highest BCUT2D eigenvalue weighted by atomic mass is 35.5. The van der Waals surface area contributed by atoms with Gasteiger partial charge in [0.05, 0.1) is 11.4 Å². The van der Waals surface area contributed by atoms with Crippen LogP contribution in [0.1, 0.15) is 18.1 Å². The van der Waals surface area contributed by atoms with E-state index in [0.717, 1.165) is 11.1 Å². The third-order valence-corrected chi connectivity index (χ3v) is 5.64. The first-order valence-electron chi connectivity index (χ1n) is 7.91. The fourth-order valence-corrected chi connectivity index (χ4v) is 3.92. The van der Waals surface area contributed by atoms with Crippen LogP contribution in [-0.2, 0) is 21.4 Å². The highest BCUT2D eigenvalue weighted by Gasteiger charge is 2.26.